The molecule has 41 heavy (non-hydrogen) atoms. The number of para-hydroxylation sites is 1. The van der Waals surface area contributed by atoms with Crippen LogP contribution in [0.5, 0.6) is 0 Å². The minimum absolute atomic E-state index is 0. The third-order valence-corrected chi connectivity index (χ3v) is 7.97. The van der Waals surface area contributed by atoms with E-state index in [4.69, 9.17) is 4.42 Å². The molecule has 0 saturated heterocycles. The molecule has 0 bridgehead atoms. The largest absolute Gasteiger partial charge is 3.00 e. The van der Waals surface area contributed by atoms with E-state index in [1.54, 1.807) is 6.26 Å². The number of benzene rings is 5. The summed E-state index contributed by atoms with van der Waals surface area (Å²) in [7, 11) is 0. The van der Waals surface area contributed by atoms with Crippen molar-refractivity contribution < 1.29 is 31.9 Å². The molecule has 3 nitrogen and oxygen atoms in total. The number of rotatable bonds is 4. The summed E-state index contributed by atoms with van der Waals surface area (Å²) in [6.07, 6.45) is 7.29. The van der Waals surface area contributed by atoms with Gasteiger partial charge >= 0.3 is 22.4 Å². The number of fused-ring (bicyclic) bond motifs is 5. The minimum atomic E-state index is -0.768. The molecular weight excluding hydrogens is 687 g/mol. The van der Waals surface area contributed by atoms with Crippen molar-refractivity contribution in [2.75, 3.05) is 0 Å². The fourth-order valence-electron chi connectivity index (χ4n) is 6.06. The first-order chi connectivity index (χ1) is 19.8. The molecule has 1 N–H and O–H groups in total. The van der Waals surface area contributed by atoms with Crippen LogP contribution in [0.25, 0.3) is 49.8 Å². The van der Waals surface area contributed by atoms with Gasteiger partial charge in [-0.15, -0.1) is 69.9 Å². The quantitative estimate of drug-likeness (QED) is 0.147. The maximum absolute atomic E-state index is 11.2. The van der Waals surface area contributed by atoms with Crippen LogP contribution in [0, 0.1) is 18.6 Å². The van der Waals surface area contributed by atoms with Crippen molar-refractivity contribution in [3.63, 3.8) is 0 Å². The number of nitrogens with zero attached hydrogens (tertiary/aromatic N) is 1. The SMILES string of the molecule is OC(c1ccccc1)c1coc2c1[CH-]C(n1c3[c-]c4c(-c5[c-]cccc5)cccc4cc3c3ccccc31)C=C2.[Au+3]. The molecule has 1 aliphatic carbocycles. The molecule has 7 aromatic rings. The van der Waals surface area contributed by atoms with Gasteiger partial charge in [0.15, 0.2) is 0 Å². The van der Waals surface area contributed by atoms with Crippen LogP contribution < -0.4 is 0 Å². The number of furan rings is 1. The van der Waals surface area contributed by atoms with Gasteiger partial charge in [0.25, 0.3) is 0 Å². The number of aromatic nitrogens is 1. The van der Waals surface area contributed by atoms with Gasteiger partial charge in [-0.1, -0.05) is 89.8 Å². The summed E-state index contributed by atoms with van der Waals surface area (Å²) in [6.45, 7) is 0. The van der Waals surface area contributed by atoms with Crippen LogP contribution in [-0.2, 0) is 22.4 Å². The van der Waals surface area contributed by atoms with Crippen molar-refractivity contribution >= 4 is 38.7 Å². The second-order valence-electron chi connectivity index (χ2n) is 10.3. The number of aliphatic hydroxyl groups is 1. The van der Waals surface area contributed by atoms with E-state index in [1.165, 1.54) is 10.8 Å². The van der Waals surface area contributed by atoms with E-state index in [0.717, 1.165) is 55.4 Å². The first kappa shape index (κ1) is 25.7. The monoisotopic (exact) mass is 711 g/mol. The smallest absolute Gasteiger partial charge is 0.535 e. The maximum Gasteiger partial charge on any atom is 3.00 e. The Morgan fingerprint density at radius 1 is 0.878 bits per heavy atom. The molecule has 0 saturated carbocycles. The van der Waals surface area contributed by atoms with Gasteiger partial charge in [-0.2, -0.15) is 6.42 Å². The van der Waals surface area contributed by atoms with E-state index in [2.05, 4.69) is 83.8 Å². The Bertz CT molecular complexity index is 2050. The van der Waals surface area contributed by atoms with Gasteiger partial charge in [0.1, 0.15) is 0 Å². The van der Waals surface area contributed by atoms with Crippen molar-refractivity contribution in [2.24, 2.45) is 0 Å². The molecule has 5 aromatic carbocycles. The zero-order valence-electron chi connectivity index (χ0n) is 21.9. The third kappa shape index (κ3) is 4.18. The predicted octanol–water partition coefficient (Wildman–Crippen LogP) is 8.71. The van der Waals surface area contributed by atoms with E-state index in [0.29, 0.717) is 0 Å². The number of allylic oxidation sites excluding steroid dienone is 1. The fourth-order valence-corrected chi connectivity index (χ4v) is 6.06. The Morgan fingerprint density at radius 2 is 1.71 bits per heavy atom. The number of hydrogen-bond acceptors (Lipinski definition) is 2. The van der Waals surface area contributed by atoms with Gasteiger partial charge in [0.05, 0.1) is 6.10 Å². The van der Waals surface area contributed by atoms with Crippen molar-refractivity contribution in [3.8, 4) is 11.1 Å². The zero-order valence-corrected chi connectivity index (χ0v) is 24.0. The minimum Gasteiger partial charge on any atom is -0.535 e. The first-order valence-corrected chi connectivity index (χ1v) is 13.5. The molecule has 4 heteroatoms. The van der Waals surface area contributed by atoms with Gasteiger partial charge in [-0.05, 0) is 22.5 Å². The Morgan fingerprint density at radius 3 is 2.56 bits per heavy atom. The van der Waals surface area contributed by atoms with Gasteiger partial charge in [0, 0.05) is 23.6 Å². The summed E-state index contributed by atoms with van der Waals surface area (Å²) in [5.41, 5.74) is 6.89. The average Bonchev–Trinajstić information content (AvgIpc) is 3.58. The van der Waals surface area contributed by atoms with E-state index in [-0.39, 0.29) is 28.4 Å². The summed E-state index contributed by atoms with van der Waals surface area (Å²) in [6, 6.07) is 42.2. The number of aliphatic hydroxyl groups excluding tert-OH is 1. The summed E-state index contributed by atoms with van der Waals surface area (Å²) in [4.78, 5) is 0. The third-order valence-electron chi connectivity index (χ3n) is 7.97. The van der Waals surface area contributed by atoms with Crippen LogP contribution in [0.15, 0.2) is 120 Å². The molecule has 0 amide bonds. The molecule has 2 heterocycles. The molecule has 0 aliphatic heterocycles. The van der Waals surface area contributed by atoms with Gasteiger partial charge in [-0.3, -0.25) is 0 Å². The van der Waals surface area contributed by atoms with E-state index < -0.39 is 6.10 Å². The molecule has 0 spiro atoms. The van der Waals surface area contributed by atoms with Crippen LogP contribution in [0.1, 0.15) is 34.6 Å². The van der Waals surface area contributed by atoms with Crippen LogP contribution in [0.4, 0.5) is 0 Å². The van der Waals surface area contributed by atoms with Gasteiger partial charge < -0.3 is 14.1 Å². The van der Waals surface area contributed by atoms with E-state index in [1.807, 2.05) is 54.6 Å². The molecule has 0 fully saturated rings. The second-order valence-corrected chi connectivity index (χ2v) is 10.3. The van der Waals surface area contributed by atoms with Crippen LogP contribution in [0.3, 0.4) is 0 Å². The van der Waals surface area contributed by atoms with Crippen molar-refractivity contribution in [1.29, 1.82) is 0 Å². The predicted molar refractivity (Wildman–Crippen MR) is 161 cm³/mol. The molecule has 2 aromatic heterocycles. The normalized spacial score (nSPS) is 15.0. The molecule has 0 radical (unpaired) electrons. The average molecular weight is 712 g/mol. The van der Waals surface area contributed by atoms with Crippen LogP contribution >= 0.6 is 0 Å². The van der Waals surface area contributed by atoms with E-state index >= 15 is 0 Å². The molecule has 2 atom stereocenters. The van der Waals surface area contributed by atoms with Gasteiger partial charge in [-0.25, -0.2) is 0 Å². The van der Waals surface area contributed by atoms with Crippen molar-refractivity contribution in [3.05, 3.63) is 156 Å². The molecule has 8 rings (SSSR count). The van der Waals surface area contributed by atoms with Crippen molar-refractivity contribution in [1.82, 2.24) is 4.57 Å². The zero-order chi connectivity index (χ0) is 26.6. The first-order valence-electron chi connectivity index (χ1n) is 13.5. The van der Waals surface area contributed by atoms with Crippen LogP contribution in [-0.4, -0.2) is 9.67 Å². The molecular formula is C37H24AuNO2. The Balaban J connectivity index is 0.00000276. The number of hydrogen-bond donors (Lipinski definition) is 1. The Labute approximate surface area is 253 Å². The molecule has 1 aliphatic rings. The topological polar surface area (TPSA) is 38.3 Å². The van der Waals surface area contributed by atoms with E-state index in [9.17, 15) is 5.11 Å². The summed E-state index contributed by atoms with van der Waals surface area (Å²) in [5.74, 6) is 0.762. The maximum atomic E-state index is 11.2. The van der Waals surface area contributed by atoms with Gasteiger partial charge in [0.2, 0.25) is 0 Å². The summed E-state index contributed by atoms with van der Waals surface area (Å²) < 4.78 is 8.24. The molecule has 2 unspecified atom stereocenters. The van der Waals surface area contributed by atoms with Crippen molar-refractivity contribution in [2.45, 2.75) is 12.1 Å². The molecule has 200 valence electrons. The Hall–Kier alpha value is -4.25. The van der Waals surface area contributed by atoms with Crippen LogP contribution in [0.2, 0.25) is 0 Å². The Kier molecular flexibility index (Phi) is 6.45. The summed E-state index contributed by atoms with van der Waals surface area (Å²) >= 11 is 0. The summed E-state index contributed by atoms with van der Waals surface area (Å²) in [5, 5.41) is 15.8. The standard InChI is InChI=1S/C37H24NO2.Au/c39-37(25-12-5-2-6-13-25)33-23-40-36-19-18-27(21-32(33)36)38-34-17-8-7-15-29(34)31-20-26-14-9-16-28(30(26)22-35(31)38)24-10-3-1-4-11-24;/h1-10,12-21,23,27,37,39H;/q-3;+3. The fraction of sp³-hybridized carbons (Fsp3) is 0.0541. The second kappa shape index (κ2) is 10.3.